The highest BCUT2D eigenvalue weighted by molar-refractivity contribution is 6.01. The number of ether oxygens (including phenoxy) is 3. The number of aryl methyl sites for hydroxylation is 1. The lowest BCUT2D eigenvalue weighted by atomic mass is 9.78. The summed E-state index contributed by atoms with van der Waals surface area (Å²) >= 11 is 0. The average Bonchev–Trinajstić information content (AvgIpc) is 3.28. The molecule has 0 aromatic carbocycles. The molecule has 3 heterocycles. The van der Waals surface area contributed by atoms with Crippen molar-refractivity contribution in [1.82, 2.24) is 14.5 Å². The van der Waals surface area contributed by atoms with Crippen molar-refractivity contribution < 1.29 is 24.1 Å². The molecule has 9 nitrogen and oxygen atoms in total. The zero-order valence-electron chi connectivity index (χ0n) is 21.7. The Morgan fingerprint density at radius 1 is 1.32 bits per heavy atom. The standard InChI is InChI=1S/C25H40N4O5/c1-9-14(2)16(10-25(4,5)6)23(31)28-21-18-15(3)11-29(22(18)27-13-26-21)24-20(33-8)19(30)17(34-24)12-32-7/h11,13-14,16-17,19-20,24,30H,9-10,12H2,1-8H3,(H,26,27,28,31)/t14?,16?,17-,19?,20+,24-/m1/s1. The summed E-state index contributed by atoms with van der Waals surface area (Å²) in [5, 5.41) is 14.5. The van der Waals surface area contributed by atoms with Crippen LogP contribution in [-0.2, 0) is 19.0 Å². The van der Waals surface area contributed by atoms with E-state index in [9.17, 15) is 9.90 Å². The number of nitrogens with one attached hydrogen (secondary N) is 1. The van der Waals surface area contributed by atoms with Gasteiger partial charge >= 0.3 is 0 Å². The Bertz CT molecular complexity index is 986. The molecular formula is C25H40N4O5. The molecule has 1 amide bonds. The molecule has 1 aliphatic rings. The molecule has 2 aromatic heterocycles. The Labute approximate surface area is 202 Å². The van der Waals surface area contributed by atoms with Crippen LogP contribution in [0.3, 0.4) is 0 Å². The van der Waals surface area contributed by atoms with E-state index in [1.165, 1.54) is 6.33 Å². The maximum atomic E-state index is 13.4. The summed E-state index contributed by atoms with van der Waals surface area (Å²) in [7, 11) is 3.11. The summed E-state index contributed by atoms with van der Waals surface area (Å²) in [6.07, 6.45) is 2.49. The number of methoxy groups -OCH3 is 2. The smallest absolute Gasteiger partial charge is 0.228 e. The summed E-state index contributed by atoms with van der Waals surface area (Å²) in [5.74, 6) is 0.572. The van der Waals surface area contributed by atoms with Gasteiger partial charge in [-0.05, 0) is 30.2 Å². The molecule has 1 saturated heterocycles. The lowest BCUT2D eigenvalue weighted by molar-refractivity contribution is -0.122. The molecule has 6 atom stereocenters. The van der Waals surface area contributed by atoms with Crippen LogP contribution in [0.25, 0.3) is 11.0 Å². The zero-order chi connectivity index (χ0) is 25.2. The minimum atomic E-state index is -0.845. The Balaban J connectivity index is 1.96. The number of carbonyl (C=O) groups is 1. The molecule has 1 fully saturated rings. The monoisotopic (exact) mass is 476 g/mol. The molecule has 0 saturated carbocycles. The minimum Gasteiger partial charge on any atom is -0.387 e. The van der Waals surface area contributed by atoms with Gasteiger partial charge in [0, 0.05) is 26.3 Å². The molecule has 1 aliphatic heterocycles. The van der Waals surface area contributed by atoms with Gasteiger partial charge in [0.1, 0.15) is 36.1 Å². The van der Waals surface area contributed by atoms with Crippen molar-refractivity contribution in [2.75, 3.05) is 26.1 Å². The van der Waals surface area contributed by atoms with Crippen molar-refractivity contribution in [2.24, 2.45) is 17.3 Å². The molecule has 3 rings (SSSR count). The molecule has 2 aromatic rings. The minimum absolute atomic E-state index is 0.0280. The highest BCUT2D eigenvalue weighted by Gasteiger charge is 2.45. The van der Waals surface area contributed by atoms with Crippen LogP contribution in [-0.4, -0.2) is 64.7 Å². The first-order chi connectivity index (χ1) is 16.0. The number of fused-ring (bicyclic) bond motifs is 1. The Morgan fingerprint density at radius 3 is 2.62 bits per heavy atom. The molecule has 0 bridgehead atoms. The number of aliphatic hydroxyl groups excluding tert-OH is 1. The number of aliphatic hydroxyl groups is 1. The molecule has 0 aliphatic carbocycles. The van der Waals surface area contributed by atoms with Crippen LogP contribution in [0.4, 0.5) is 5.82 Å². The van der Waals surface area contributed by atoms with E-state index in [0.717, 1.165) is 23.8 Å². The molecule has 34 heavy (non-hydrogen) atoms. The number of hydrogen-bond acceptors (Lipinski definition) is 7. The molecule has 9 heteroatoms. The number of rotatable bonds is 9. The second-order valence-corrected chi connectivity index (χ2v) is 10.6. The zero-order valence-corrected chi connectivity index (χ0v) is 21.7. The second kappa shape index (κ2) is 10.7. The number of anilines is 1. The predicted octanol–water partition coefficient (Wildman–Crippen LogP) is 3.70. The number of amides is 1. The maximum absolute atomic E-state index is 13.4. The van der Waals surface area contributed by atoms with Gasteiger partial charge < -0.3 is 29.2 Å². The maximum Gasteiger partial charge on any atom is 0.228 e. The van der Waals surface area contributed by atoms with E-state index in [2.05, 4.69) is 49.9 Å². The summed E-state index contributed by atoms with van der Waals surface area (Å²) < 4.78 is 18.7. The number of nitrogens with zero attached hydrogens (tertiary/aromatic N) is 3. The van der Waals surface area contributed by atoms with Crippen LogP contribution in [0.1, 0.15) is 59.3 Å². The van der Waals surface area contributed by atoms with Crippen LogP contribution < -0.4 is 5.32 Å². The van der Waals surface area contributed by atoms with Crippen LogP contribution in [0.15, 0.2) is 12.5 Å². The summed E-state index contributed by atoms with van der Waals surface area (Å²) in [6, 6.07) is 0. The van der Waals surface area contributed by atoms with Crippen molar-refractivity contribution in [3.63, 3.8) is 0 Å². The Hall–Kier alpha value is -2.07. The summed E-state index contributed by atoms with van der Waals surface area (Å²) in [6.45, 7) is 12.9. The van der Waals surface area contributed by atoms with Crippen LogP contribution in [0.5, 0.6) is 0 Å². The molecular weight excluding hydrogens is 436 g/mol. The van der Waals surface area contributed by atoms with Crippen LogP contribution >= 0.6 is 0 Å². The fraction of sp³-hybridized carbons (Fsp3) is 0.720. The molecule has 2 N–H and O–H groups in total. The normalized spacial score (nSPS) is 25.0. The van der Waals surface area contributed by atoms with Gasteiger partial charge in [0.05, 0.1) is 12.0 Å². The van der Waals surface area contributed by atoms with Crippen LogP contribution in [0.2, 0.25) is 0 Å². The van der Waals surface area contributed by atoms with E-state index in [1.54, 1.807) is 14.2 Å². The largest absolute Gasteiger partial charge is 0.387 e. The summed E-state index contributed by atoms with van der Waals surface area (Å²) in [5.41, 5.74) is 1.53. The third-order valence-electron chi connectivity index (χ3n) is 6.73. The van der Waals surface area contributed by atoms with Gasteiger partial charge in [-0.1, -0.05) is 41.0 Å². The van der Waals surface area contributed by atoms with Gasteiger partial charge in [0.25, 0.3) is 0 Å². The van der Waals surface area contributed by atoms with E-state index in [4.69, 9.17) is 14.2 Å². The SMILES string of the molecule is CCC(C)C(CC(C)(C)C)C(=O)Nc1ncnc2c1c(C)cn2[C@@H]1O[C@H](COC)C(O)[C@@H]1OC. The van der Waals surface area contributed by atoms with E-state index < -0.39 is 24.5 Å². The van der Waals surface area contributed by atoms with Gasteiger partial charge in [-0.25, -0.2) is 9.97 Å². The first-order valence-corrected chi connectivity index (χ1v) is 12.0. The quantitative estimate of drug-likeness (QED) is 0.568. The van der Waals surface area contributed by atoms with Gasteiger partial charge in [-0.2, -0.15) is 0 Å². The molecule has 0 radical (unpaired) electrons. The van der Waals surface area contributed by atoms with E-state index >= 15 is 0 Å². The Morgan fingerprint density at radius 2 is 2.03 bits per heavy atom. The topological polar surface area (TPSA) is 108 Å². The van der Waals surface area contributed by atoms with Crippen molar-refractivity contribution in [3.05, 3.63) is 18.1 Å². The van der Waals surface area contributed by atoms with E-state index in [1.807, 2.05) is 17.7 Å². The highest BCUT2D eigenvalue weighted by atomic mass is 16.6. The molecule has 0 spiro atoms. The number of hydrogen-bond donors (Lipinski definition) is 2. The summed E-state index contributed by atoms with van der Waals surface area (Å²) in [4.78, 5) is 22.3. The van der Waals surface area contributed by atoms with Crippen molar-refractivity contribution in [2.45, 2.75) is 78.9 Å². The van der Waals surface area contributed by atoms with Crippen molar-refractivity contribution in [3.8, 4) is 0 Å². The third kappa shape index (κ3) is 5.43. The van der Waals surface area contributed by atoms with Crippen LogP contribution in [0, 0.1) is 24.2 Å². The van der Waals surface area contributed by atoms with E-state index in [0.29, 0.717) is 11.5 Å². The fourth-order valence-electron chi connectivity index (χ4n) is 4.76. The molecule has 190 valence electrons. The third-order valence-corrected chi connectivity index (χ3v) is 6.73. The van der Waals surface area contributed by atoms with Gasteiger partial charge in [0.15, 0.2) is 6.23 Å². The first kappa shape index (κ1) is 26.5. The average molecular weight is 477 g/mol. The lowest BCUT2D eigenvalue weighted by Gasteiger charge is -2.29. The number of carbonyl (C=O) groups excluding carboxylic acids is 1. The van der Waals surface area contributed by atoms with Gasteiger partial charge in [0.2, 0.25) is 5.91 Å². The number of aromatic nitrogens is 3. The predicted molar refractivity (Wildman–Crippen MR) is 131 cm³/mol. The first-order valence-electron chi connectivity index (χ1n) is 12.0. The Kier molecular flexibility index (Phi) is 8.34. The van der Waals surface area contributed by atoms with Crippen molar-refractivity contribution in [1.29, 1.82) is 0 Å². The van der Waals surface area contributed by atoms with Gasteiger partial charge in [-0.3, -0.25) is 4.79 Å². The highest BCUT2D eigenvalue weighted by Crippen LogP contribution is 2.37. The molecule has 3 unspecified atom stereocenters. The lowest BCUT2D eigenvalue weighted by Crippen LogP contribution is -2.35. The van der Waals surface area contributed by atoms with E-state index in [-0.39, 0.29) is 29.8 Å². The van der Waals surface area contributed by atoms with Crippen molar-refractivity contribution >= 4 is 22.8 Å². The fourth-order valence-corrected chi connectivity index (χ4v) is 4.76. The van der Waals surface area contributed by atoms with Gasteiger partial charge in [-0.15, -0.1) is 0 Å². The second-order valence-electron chi connectivity index (χ2n) is 10.6.